The third-order valence-corrected chi connectivity index (χ3v) is 12.9. The zero-order chi connectivity index (χ0) is 19.3. The molecule has 0 fully saturated rings. The quantitative estimate of drug-likeness (QED) is 0.242. The average molecular weight is 365 g/mol. The van der Waals surface area contributed by atoms with E-state index in [1.54, 1.807) is 0 Å². The summed E-state index contributed by atoms with van der Waals surface area (Å²) in [6.45, 7) is 18.9. The van der Waals surface area contributed by atoms with Gasteiger partial charge in [0.2, 0.25) is 0 Å². The maximum atomic E-state index is 2.52. The molecule has 0 aromatic carbocycles. The zero-order valence-corrected chi connectivity index (χ0v) is 19.3. The summed E-state index contributed by atoms with van der Waals surface area (Å²) < 4.78 is 0. The first-order valence-corrected chi connectivity index (χ1v) is 12.9. The van der Waals surface area contributed by atoms with Crippen LogP contribution in [0.2, 0.25) is 0 Å². The molecule has 0 spiro atoms. The molecule has 0 bridgehead atoms. The van der Waals surface area contributed by atoms with Gasteiger partial charge in [-0.15, -0.1) is 0 Å². The molecule has 0 heterocycles. The van der Waals surface area contributed by atoms with Crippen molar-refractivity contribution in [1.29, 1.82) is 0 Å². The van der Waals surface area contributed by atoms with E-state index >= 15 is 0 Å². The van der Waals surface area contributed by atoms with Gasteiger partial charge in [0, 0.05) is 0 Å². The van der Waals surface area contributed by atoms with Crippen molar-refractivity contribution in [2.24, 2.45) is 0 Å². The minimum absolute atomic E-state index is 0.664. The van der Waals surface area contributed by atoms with Gasteiger partial charge in [-0.05, 0) is 0 Å². The second kappa shape index (κ2) is 13.6. The van der Waals surface area contributed by atoms with Crippen molar-refractivity contribution < 1.29 is 0 Å². The van der Waals surface area contributed by atoms with Crippen LogP contribution in [0.5, 0.6) is 0 Å². The number of hydrogen-bond donors (Lipinski definition) is 0. The normalized spacial score (nSPS) is 19.2. The zero-order valence-electron chi connectivity index (χ0n) is 18.3. The second-order valence-electron chi connectivity index (χ2n) is 7.50. The van der Waals surface area contributed by atoms with Crippen molar-refractivity contribution in [3.8, 4) is 0 Å². The van der Waals surface area contributed by atoms with Gasteiger partial charge in [-0.1, -0.05) is 0 Å². The molecule has 0 amide bonds. The molecule has 0 rings (SSSR count). The van der Waals surface area contributed by atoms with Crippen LogP contribution in [0.25, 0.3) is 0 Å². The van der Waals surface area contributed by atoms with E-state index in [0.29, 0.717) is 22.6 Å². The number of hydrogen-bond acceptors (Lipinski definition) is 0. The number of rotatable bonds is 12. The van der Waals surface area contributed by atoms with Gasteiger partial charge >= 0.3 is 160 Å². The summed E-state index contributed by atoms with van der Waals surface area (Å²) in [5.41, 5.74) is 2.66. The predicted octanol–water partition coefficient (Wildman–Crippen LogP) is 8.16. The molecule has 0 radical (unpaired) electrons. The van der Waals surface area contributed by atoms with Crippen LogP contribution in [0.1, 0.15) is 81.1 Å². The summed E-state index contributed by atoms with van der Waals surface area (Å²) in [6, 6.07) is 0. The van der Waals surface area contributed by atoms with Gasteiger partial charge in [0.15, 0.2) is 0 Å². The molecule has 0 saturated heterocycles. The van der Waals surface area contributed by atoms with Crippen LogP contribution >= 0.6 is 7.26 Å². The van der Waals surface area contributed by atoms with Crippen LogP contribution in [0.3, 0.4) is 0 Å². The Hall–Kier alpha value is -0.610. The standard InChI is InChI=1S/C24H45P/c1-9-13-17-21(5)25(22(6)18-14-10-2,23(7)19-15-11-3)24(8)20-16-12-4/h13-25H,9-12H2,1-8H3/b17-13+,18-14+,19-15+,20-16+. The average Bonchev–Trinajstić information content (AvgIpc) is 2.61. The van der Waals surface area contributed by atoms with Gasteiger partial charge in [0.1, 0.15) is 0 Å². The molecular formula is C24H45P. The molecular weight excluding hydrogens is 319 g/mol. The summed E-state index contributed by atoms with van der Waals surface area (Å²) in [7, 11) is -1.71. The van der Waals surface area contributed by atoms with E-state index in [2.05, 4.69) is 104 Å². The van der Waals surface area contributed by atoms with Crippen molar-refractivity contribution in [2.45, 2.75) is 104 Å². The SMILES string of the molecule is CC/C=C/C(C)[PH](C(C)/C=C/CC)(C(C)/C=C/CC)C(C)/C=C/CC. The van der Waals surface area contributed by atoms with Crippen LogP contribution < -0.4 is 0 Å². The summed E-state index contributed by atoms with van der Waals surface area (Å²) in [6.07, 6.45) is 24.2. The molecule has 0 aromatic heterocycles. The van der Waals surface area contributed by atoms with Crippen molar-refractivity contribution in [2.75, 3.05) is 0 Å². The molecule has 1 heteroatoms. The Bertz CT molecular complexity index is 356. The monoisotopic (exact) mass is 364 g/mol. The van der Waals surface area contributed by atoms with Crippen molar-refractivity contribution in [1.82, 2.24) is 0 Å². The van der Waals surface area contributed by atoms with E-state index in [-0.39, 0.29) is 0 Å². The molecule has 4 unspecified atom stereocenters. The van der Waals surface area contributed by atoms with E-state index in [0.717, 1.165) is 25.7 Å². The molecule has 0 N–H and O–H groups in total. The Kier molecular flexibility index (Phi) is 13.2. The van der Waals surface area contributed by atoms with Gasteiger partial charge in [0.25, 0.3) is 0 Å². The van der Waals surface area contributed by atoms with E-state index in [1.165, 1.54) is 0 Å². The van der Waals surface area contributed by atoms with Crippen molar-refractivity contribution in [3.05, 3.63) is 48.6 Å². The third-order valence-electron chi connectivity index (χ3n) is 5.80. The second-order valence-corrected chi connectivity index (χ2v) is 13.1. The van der Waals surface area contributed by atoms with Crippen LogP contribution in [-0.4, -0.2) is 22.6 Å². The first-order valence-electron chi connectivity index (χ1n) is 10.6. The van der Waals surface area contributed by atoms with Crippen LogP contribution in [-0.2, 0) is 0 Å². The van der Waals surface area contributed by atoms with Gasteiger partial charge in [-0.25, -0.2) is 0 Å². The molecule has 0 nitrogen and oxygen atoms in total. The van der Waals surface area contributed by atoms with Crippen LogP contribution in [0.15, 0.2) is 48.6 Å². The fourth-order valence-corrected chi connectivity index (χ4v) is 11.4. The van der Waals surface area contributed by atoms with E-state index in [9.17, 15) is 0 Å². The Morgan fingerprint density at radius 3 is 0.840 bits per heavy atom. The van der Waals surface area contributed by atoms with Crippen LogP contribution in [0.4, 0.5) is 0 Å². The van der Waals surface area contributed by atoms with Crippen molar-refractivity contribution >= 4 is 7.26 Å². The van der Waals surface area contributed by atoms with Gasteiger partial charge in [0.05, 0.1) is 0 Å². The van der Waals surface area contributed by atoms with E-state index in [4.69, 9.17) is 0 Å². The molecule has 0 aliphatic carbocycles. The Labute approximate surface area is 159 Å². The van der Waals surface area contributed by atoms with Gasteiger partial charge in [-0.2, -0.15) is 0 Å². The molecule has 4 atom stereocenters. The van der Waals surface area contributed by atoms with Crippen molar-refractivity contribution in [3.63, 3.8) is 0 Å². The van der Waals surface area contributed by atoms with Gasteiger partial charge < -0.3 is 0 Å². The minimum atomic E-state index is -1.71. The van der Waals surface area contributed by atoms with Gasteiger partial charge in [-0.3, -0.25) is 0 Å². The Morgan fingerprint density at radius 1 is 0.480 bits per heavy atom. The molecule has 146 valence electrons. The summed E-state index contributed by atoms with van der Waals surface area (Å²) in [5.74, 6) is 0. The fourth-order valence-electron chi connectivity index (χ4n) is 4.52. The molecule has 0 aliphatic rings. The summed E-state index contributed by atoms with van der Waals surface area (Å²) >= 11 is 0. The molecule has 0 aliphatic heterocycles. The predicted molar refractivity (Wildman–Crippen MR) is 124 cm³/mol. The summed E-state index contributed by atoms with van der Waals surface area (Å²) in [5, 5.41) is 0. The van der Waals surface area contributed by atoms with E-state index in [1.807, 2.05) is 0 Å². The maximum absolute atomic E-state index is 2.52. The van der Waals surface area contributed by atoms with E-state index < -0.39 is 7.26 Å². The Morgan fingerprint density at radius 2 is 0.680 bits per heavy atom. The molecule has 0 saturated carbocycles. The number of allylic oxidation sites excluding steroid dienone is 8. The first kappa shape index (κ1) is 24.4. The van der Waals surface area contributed by atoms with Crippen LogP contribution in [0, 0.1) is 0 Å². The fraction of sp³-hybridized carbons (Fsp3) is 0.667. The summed E-state index contributed by atoms with van der Waals surface area (Å²) in [4.78, 5) is 0. The molecule has 0 aromatic rings. The topological polar surface area (TPSA) is 0 Å². The first-order chi connectivity index (χ1) is 11.9. The molecule has 25 heavy (non-hydrogen) atoms. The third kappa shape index (κ3) is 6.90. The Balaban J connectivity index is 6.26.